The maximum atomic E-state index is 13.0. The Morgan fingerprint density at radius 1 is 1.21 bits per heavy atom. The number of ether oxygens (including phenoxy) is 1. The highest BCUT2D eigenvalue weighted by atomic mass is 35.5. The summed E-state index contributed by atoms with van der Waals surface area (Å²) in [6, 6.07) is 11.2. The van der Waals surface area contributed by atoms with E-state index in [1.54, 1.807) is 30.3 Å². The Labute approximate surface area is 114 Å². The zero-order valence-corrected chi connectivity index (χ0v) is 10.7. The quantitative estimate of drug-likeness (QED) is 0.781. The van der Waals surface area contributed by atoms with E-state index in [9.17, 15) is 9.18 Å². The van der Waals surface area contributed by atoms with E-state index in [2.05, 4.69) is 0 Å². The van der Waals surface area contributed by atoms with Crippen molar-refractivity contribution in [1.82, 2.24) is 0 Å². The molecule has 0 saturated heterocycles. The molecule has 0 spiro atoms. The number of halogens is 2. The number of Topliss-reactive ketones (excluding diaryl/α,β-unsaturated/α-hetero) is 1. The summed E-state index contributed by atoms with van der Waals surface area (Å²) < 4.78 is 18.8. The number of benzene rings is 2. The fourth-order valence-electron chi connectivity index (χ4n) is 2.21. The molecule has 4 heteroatoms. The minimum atomic E-state index is -0.463. The van der Waals surface area contributed by atoms with Crippen LogP contribution in [0.5, 0.6) is 5.75 Å². The van der Waals surface area contributed by atoms with Gasteiger partial charge < -0.3 is 4.74 Å². The van der Waals surface area contributed by atoms with Crippen LogP contribution in [0.4, 0.5) is 4.39 Å². The van der Waals surface area contributed by atoms with Crippen LogP contribution in [-0.2, 0) is 0 Å². The van der Waals surface area contributed by atoms with Gasteiger partial charge in [0.05, 0.1) is 17.0 Å². The summed E-state index contributed by atoms with van der Waals surface area (Å²) in [7, 11) is 0. The first-order chi connectivity index (χ1) is 9.15. The Morgan fingerprint density at radius 2 is 2.00 bits per heavy atom. The number of hydrogen-bond donors (Lipinski definition) is 0. The van der Waals surface area contributed by atoms with E-state index in [1.165, 1.54) is 12.1 Å². The Bertz CT molecular complexity index is 654. The third kappa shape index (κ3) is 2.22. The summed E-state index contributed by atoms with van der Waals surface area (Å²) in [4.78, 5) is 12.1. The minimum absolute atomic E-state index is 0.00671. The lowest BCUT2D eigenvalue weighted by Gasteiger charge is -2.26. The van der Waals surface area contributed by atoms with Crippen molar-refractivity contribution >= 4 is 17.4 Å². The highest BCUT2D eigenvalue weighted by Gasteiger charge is 2.28. The first-order valence-electron chi connectivity index (χ1n) is 5.89. The molecule has 19 heavy (non-hydrogen) atoms. The van der Waals surface area contributed by atoms with Crippen molar-refractivity contribution < 1.29 is 13.9 Å². The molecule has 0 aromatic heterocycles. The lowest BCUT2D eigenvalue weighted by Crippen LogP contribution is -2.20. The first kappa shape index (κ1) is 12.2. The highest BCUT2D eigenvalue weighted by molar-refractivity contribution is 6.31. The summed E-state index contributed by atoms with van der Waals surface area (Å²) in [5.74, 6) is 0.146. The molecule has 1 aliphatic rings. The third-order valence-electron chi connectivity index (χ3n) is 3.14. The fraction of sp³-hybridized carbons (Fsp3) is 0.133. The number of carbonyl (C=O) groups is 1. The number of ketones is 1. The van der Waals surface area contributed by atoms with Crippen LogP contribution < -0.4 is 4.74 Å². The topological polar surface area (TPSA) is 26.3 Å². The van der Waals surface area contributed by atoms with Gasteiger partial charge in [0.15, 0.2) is 5.78 Å². The molecule has 1 atom stereocenters. The maximum absolute atomic E-state index is 13.0. The summed E-state index contributed by atoms with van der Waals surface area (Å²) in [5.41, 5.74) is 1.21. The van der Waals surface area contributed by atoms with Gasteiger partial charge in [-0.1, -0.05) is 29.8 Å². The molecule has 0 radical (unpaired) electrons. The monoisotopic (exact) mass is 276 g/mol. The molecule has 1 heterocycles. The van der Waals surface area contributed by atoms with Crippen molar-refractivity contribution in [1.29, 1.82) is 0 Å². The lowest BCUT2D eigenvalue weighted by molar-refractivity contribution is 0.0850. The van der Waals surface area contributed by atoms with Gasteiger partial charge in [-0.05, 0) is 24.3 Å². The summed E-state index contributed by atoms with van der Waals surface area (Å²) in [6.07, 6.45) is -0.252. The second-order valence-electron chi connectivity index (χ2n) is 4.40. The van der Waals surface area contributed by atoms with E-state index >= 15 is 0 Å². The summed E-state index contributed by atoms with van der Waals surface area (Å²) >= 11 is 6.01. The first-order valence-corrected chi connectivity index (χ1v) is 6.27. The zero-order valence-electron chi connectivity index (χ0n) is 9.90. The standard InChI is InChI=1S/C15H10ClFO2/c16-12-7-9(17)5-6-10(12)15-8-13(18)11-3-1-2-4-14(11)19-15/h1-7,15H,8H2. The number of rotatable bonds is 1. The van der Waals surface area contributed by atoms with E-state index in [0.717, 1.165) is 0 Å². The van der Waals surface area contributed by atoms with Gasteiger partial charge in [0.2, 0.25) is 0 Å². The van der Waals surface area contributed by atoms with E-state index in [4.69, 9.17) is 16.3 Å². The Hall–Kier alpha value is -1.87. The van der Waals surface area contributed by atoms with E-state index in [0.29, 0.717) is 16.9 Å². The van der Waals surface area contributed by atoms with Crippen LogP contribution in [0.25, 0.3) is 0 Å². The van der Waals surface area contributed by atoms with E-state index in [-0.39, 0.29) is 17.2 Å². The van der Waals surface area contributed by atoms with Crippen LogP contribution >= 0.6 is 11.6 Å². The molecule has 0 aliphatic carbocycles. The van der Waals surface area contributed by atoms with Crippen LogP contribution in [0.1, 0.15) is 28.4 Å². The summed E-state index contributed by atoms with van der Waals surface area (Å²) in [5, 5.41) is 0.275. The molecule has 96 valence electrons. The molecule has 0 amide bonds. The van der Waals surface area contributed by atoms with Crippen molar-refractivity contribution in [3.63, 3.8) is 0 Å². The van der Waals surface area contributed by atoms with Gasteiger partial charge in [0, 0.05) is 5.56 Å². The predicted octanol–water partition coefficient (Wildman–Crippen LogP) is 4.19. The maximum Gasteiger partial charge on any atom is 0.170 e. The number of para-hydroxylation sites is 1. The van der Waals surface area contributed by atoms with Crippen LogP contribution in [0.2, 0.25) is 5.02 Å². The second-order valence-corrected chi connectivity index (χ2v) is 4.80. The van der Waals surface area contributed by atoms with Crippen molar-refractivity contribution in [2.75, 3.05) is 0 Å². The smallest absolute Gasteiger partial charge is 0.170 e. The third-order valence-corrected chi connectivity index (χ3v) is 3.46. The molecule has 0 N–H and O–H groups in total. The lowest BCUT2D eigenvalue weighted by atomic mass is 9.96. The van der Waals surface area contributed by atoms with E-state index < -0.39 is 11.9 Å². The molecule has 2 aromatic rings. The van der Waals surface area contributed by atoms with Crippen molar-refractivity contribution in [2.45, 2.75) is 12.5 Å². The normalized spacial score (nSPS) is 17.8. The van der Waals surface area contributed by atoms with Crippen LogP contribution in [0, 0.1) is 5.82 Å². The molecule has 2 nitrogen and oxygen atoms in total. The molecule has 0 saturated carbocycles. The Morgan fingerprint density at radius 3 is 2.79 bits per heavy atom. The number of fused-ring (bicyclic) bond motifs is 1. The number of carbonyl (C=O) groups excluding carboxylic acids is 1. The van der Waals surface area contributed by atoms with Gasteiger partial charge >= 0.3 is 0 Å². The fourth-order valence-corrected chi connectivity index (χ4v) is 2.50. The largest absolute Gasteiger partial charge is 0.484 e. The van der Waals surface area contributed by atoms with Crippen LogP contribution in [0.3, 0.4) is 0 Å². The van der Waals surface area contributed by atoms with Crippen LogP contribution in [0.15, 0.2) is 42.5 Å². The molecule has 2 aromatic carbocycles. The van der Waals surface area contributed by atoms with Gasteiger partial charge in [-0.15, -0.1) is 0 Å². The van der Waals surface area contributed by atoms with Gasteiger partial charge in [0.25, 0.3) is 0 Å². The minimum Gasteiger partial charge on any atom is -0.484 e. The molecular formula is C15H10ClFO2. The average molecular weight is 277 g/mol. The molecular weight excluding hydrogens is 267 g/mol. The second kappa shape index (κ2) is 4.67. The molecule has 3 rings (SSSR count). The molecule has 1 unspecified atom stereocenters. The SMILES string of the molecule is O=C1CC(c2ccc(F)cc2Cl)Oc2ccccc21. The number of hydrogen-bond acceptors (Lipinski definition) is 2. The zero-order chi connectivity index (χ0) is 13.4. The highest BCUT2D eigenvalue weighted by Crippen LogP contribution is 2.37. The van der Waals surface area contributed by atoms with E-state index in [1.807, 2.05) is 0 Å². The van der Waals surface area contributed by atoms with Crippen molar-refractivity contribution in [3.05, 3.63) is 64.4 Å². The Balaban J connectivity index is 1.99. The average Bonchev–Trinajstić information content (AvgIpc) is 2.38. The Kier molecular flexibility index (Phi) is 2.99. The van der Waals surface area contributed by atoms with Crippen LogP contribution in [-0.4, -0.2) is 5.78 Å². The van der Waals surface area contributed by atoms with Gasteiger partial charge in [-0.25, -0.2) is 4.39 Å². The van der Waals surface area contributed by atoms with Crippen molar-refractivity contribution in [2.24, 2.45) is 0 Å². The predicted molar refractivity (Wildman–Crippen MR) is 70.2 cm³/mol. The molecule has 0 fully saturated rings. The summed E-state index contributed by atoms with van der Waals surface area (Å²) in [6.45, 7) is 0. The van der Waals surface area contributed by atoms with Gasteiger partial charge in [-0.2, -0.15) is 0 Å². The molecule has 0 bridgehead atoms. The molecule has 1 aliphatic heterocycles. The van der Waals surface area contributed by atoms with Gasteiger partial charge in [0.1, 0.15) is 17.7 Å². The van der Waals surface area contributed by atoms with Gasteiger partial charge in [-0.3, -0.25) is 4.79 Å². The van der Waals surface area contributed by atoms with Crippen molar-refractivity contribution in [3.8, 4) is 5.75 Å².